The molecule has 0 bridgehead atoms. The van der Waals surface area contributed by atoms with E-state index in [0.717, 1.165) is 25.7 Å². The fourth-order valence-electron chi connectivity index (χ4n) is 3.46. The standard InChI is InChI=1S/C23H15N3O3S/c1-26-22(28)14-11-10-13(12-16(14)23(26)29)20(27)24-17-7-3-2-6-15(17)21-25-18-8-4-5-9-19(18)30-21/h2-12H,1H3,(H,24,27). The Morgan fingerprint density at radius 2 is 1.63 bits per heavy atom. The van der Waals surface area contributed by atoms with E-state index in [9.17, 15) is 14.4 Å². The van der Waals surface area contributed by atoms with Gasteiger partial charge in [0.1, 0.15) is 5.01 Å². The first-order valence-electron chi connectivity index (χ1n) is 9.25. The molecule has 1 N–H and O–H groups in total. The monoisotopic (exact) mass is 413 g/mol. The maximum atomic E-state index is 12.9. The number of hydrogen-bond acceptors (Lipinski definition) is 5. The Hall–Kier alpha value is -3.84. The minimum absolute atomic E-state index is 0.245. The second-order valence-electron chi connectivity index (χ2n) is 6.92. The van der Waals surface area contributed by atoms with Crippen LogP contribution in [0.4, 0.5) is 5.69 Å². The highest BCUT2D eigenvalue weighted by atomic mass is 32.1. The van der Waals surface area contributed by atoms with Gasteiger partial charge in [-0.2, -0.15) is 0 Å². The summed E-state index contributed by atoms with van der Waals surface area (Å²) in [6.07, 6.45) is 0. The summed E-state index contributed by atoms with van der Waals surface area (Å²) in [4.78, 5) is 42.9. The van der Waals surface area contributed by atoms with E-state index in [2.05, 4.69) is 10.3 Å². The summed E-state index contributed by atoms with van der Waals surface area (Å²) in [5.74, 6) is -1.12. The maximum absolute atomic E-state index is 12.9. The van der Waals surface area contributed by atoms with Crippen molar-refractivity contribution in [1.29, 1.82) is 0 Å². The summed E-state index contributed by atoms with van der Waals surface area (Å²) in [5, 5.41) is 3.72. The van der Waals surface area contributed by atoms with Crippen molar-refractivity contribution in [3.8, 4) is 10.6 Å². The fourth-order valence-corrected chi connectivity index (χ4v) is 4.47. The topological polar surface area (TPSA) is 79.4 Å². The van der Waals surface area contributed by atoms with Crippen LogP contribution in [-0.4, -0.2) is 34.7 Å². The molecule has 6 nitrogen and oxygen atoms in total. The third kappa shape index (κ3) is 2.87. The number of aromatic nitrogens is 1. The van der Waals surface area contributed by atoms with Gasteiger partial charge in [0, 0.05) is 18.2 Å². The zero-order chi connectivity index (χ0) is 20.8. The summed E-state index contributed by atoms with van der Waals surface area (Å²) in [7, 11) is 1.43. The Kier molecular flexibility index (Phi) is 4.18. The smallest absolute Gasteiger partial charge is 0.261 e. The molecule has 0 saturated carbocycles. The predicted molar refractivity (Wildman–Crippen MR) is 116 cm³/mol. The molecule has 7 heteroatoms. The molecule has 0 spiro atoms. The zero-order valence-electron chi connectivity index (χ0n) is 15.9. The van der Waals surface area contributed by atoms with E-state index in [1.165, 1.54) is 19.2 Å². The number of para-hydroxylation sites is 2. The first-order chi connectivity index (χ1) is 14.5. The number of benzene rings is 3. The molecule has 0 saturated heterocycles. The number of anilines is 1. The Morgan fingerprint density at radius 1 is 0.900 bits per heavy atom. The largest absolute Gasteiger partial charge is 0.321 e. The lowest BCUT2D eigenvalue weighted by Crippen LogP contribution is -2.24. The number of thiazole rings is 1. The molecule has 30 heavy (non-hydrogen) atoms. The number of rotatable bonds is 3. The van der Waals surface area contributed by atoms with Crippen LogP contribution in [0.3, 0.4) is 0 Å². The zero-order valence-corrected chi connectivity index (χ0v) is 16.7. The van der Waals surface area contributed by atoms with Gasteiger partial charge in [-0.1, -0.05) is 24.3 Å². The Morgan fingerprint density at radius 3 is 2.47 bits per heavy atom. The summed E-state index contributed by atoms with van der Waals surface area (Å²) < 4.78 is 1.07. The van der Waals surface area contributed by atoms with Crippen LogP contribution in [0.15, 0.2) is 66.7 Å². The molecule has 0 fully saturated rings. The molecule has 0 unspecified atom stereocenters. The molecule has 3 amide bonds. The van der Waals surface area contributed by atoms with Gasteiger partial charge in [0.25, 0.3) is 17.7 Å². The van der Waals surface area contributed by atoms with Crippen LogP contribution >= 0.6 is 11.3 Å². The number of carbonyl (C=O) groups is 3. The van der Waals surface area contributed by atoms with E-state index in [0.29, 0.717) is 16.8 Å². The van der Waals surface area contributed by atoms with E-state index in [4.69, 9.17) is 0 Å². The first-order valence-corrected chi connectivity index (χ1v) is 10.1. The average molecular weight is 413 g/mol. The van der Waals surface area contributed by atoms with Crippen LogP contribution in [0.2, 0.25) is 0 Å². The average Bonchev–Trinajstić information content (AvgIpc) is 3.29. The van der Waals surface area contributed by atoms with Crippen molar-refractivity contribution < 1.29 is 14.4 Å². The molecule has 5 rings (SSSR count). The second kappa shape index (κ2) is 6.89. The Balaban J connectivity index is 1.48. The molecular formula is C23H15N3O3S. The van der Waals surface area contributed by atoms with Crippen LogP contribution in [-0.2, 0) is 0 Å². The number of nitrogens with zero attached hydrogens (tertiary/aromatic N) is 2. The molecule has 2 heterocycles. The third-order valence-corrected chi connectivity index (χ3v) is 6.12. The van der Waals surface area contributed by atoms with Gasteiger partial charge in [0.15, 0.2) is 0 Å². The molecule has 3 aromatic carbocycles. The second-order valence-corrected chi connectivity index (χ2v) is 7.95. The van der Waals surface area contributed by atoms with Crippen LogP contribution < -0.4 is 5.32 Å². The van der Waals surface area contributed by atoms with Crippen LogP contribution in [0.25, 0.3) is 20.8 Å². The van der Waals surface area contributed by atoms with E-state index < -0.39 is 5.91 Å². The highest BCUT2D eigenvalue weighted by Crippen LogP contribution is 2.34. The predicted octanol–water partition coefficient (Wildman–Crippen LogP) is 4.44. The maximum Gasteiger partial charge on any atom is 0.261 e. The van der Waals surface area contributed by atoms with Gasteiger partial charge in [-0.15, -0.1) is 11.3 Å². The number of imide groups is 1. The number of carbonyl (C=O) groups excluding carboxylic acids is 3. The van der Waals surface area contributed by atoms with E-state index in [-0.39, 0.29) is 17.4 Å². The van der Waals surface area contributed by atoms with Gasteiger partial charge in [0.2, 0.25) is 0 Å². The van der Waals surface area contributed by atoms with Gasteiger partial charge < -0.3 is 5.32 Å². The quantitative estimate of drug-likeness (QED) is 0.504. The summed E-state index contributed by atoms with van der Waals surface area (Å²) in [6.45, 7) is 0. The SMILES string of the molecule is CN1C(=O)c2ccc(C(=O)Nc3ccccc3-c3nc4ccccc4s3)cc2C1=O. The van der Waals surface area contributed by atoms with E-state index in [1.54, 1.807) is 17.4 Å². The van der Waals surface area contributed by atoms with Crippen molar-refractivity contribution in [3.05, 3.63) is 83.4 Å². The number of nitrogens with one attached hydrogen (secondary N) is 1. The molecule has 1 aliphatic heterocycles. The molecule has 146 valence electrons. The van der Waals surface area contributed by atoms with Gasteiger partial charge in [-0.05, 0) is 42.5 Å². The van der Waals surface area contributed by atoms with Crippen LogP contribution in [0.5, 0.6) is 0 Å². The van der Waals surface area contributed by atoms with Gasteiger partial charge in [-0.25, -0.2) is 4.98 Å². The van der Waals surface area contributed by atoms with Crippen molar-refractivity contribution in [3.63, 3.8) is 0 Å². The molecule has 4 aromatic rings. The lowest BCUT2D eigenvalue weighted by molar-refractivity contribution is 0.0693. The molecule has 0 aliphatic carbocycles. The minimum atomic E-state index is -0.403. The lowest BCUT2D eigenvalue weighted by Gasteiger charge is -2.10. The van der Waals surface area contributed by atoms with Gasteiger partial charge in [-0.3, -0.25) is 19.3 Å². The highest BCUT2D eigenvalue weighted by Gasteiger charge is 2.33. The Labute approximate surface area is 175 Å². The first kappa shape index (κ1) is 18.2. The van der Waals surface area contributed by atoms with E-state index >= 15 is 0 Å². The molecule has 1 aliphatic rings. The van der Waals surface area contributed by atoms with Crippen molar-refractivity contribution in [2.75, 3.05) is 12.4 Å². The lowest BCUT2D eigenvalue weighted by atomic mass is 10.0. The van der Waals surface area contributed by atoms with Crippen molar-refractivity contribution in [2.24, 2.45) is 0 Å². The normalized spacial score (nSPS) is 13.0. The van der Waals surface area contributed by atoms with E-state index in [1.807, 2.05) is 48.5 Å². The highest BCUT2D eigenvalue weighted by molar-refractivity contribution is 7.21. The molecule has 1 aromatic heterocycles. The Bertz CT molecular complexity index is 1330. The van der Waals surface area contributed by atoms with Crippen molar-refractivity contribution in [1.82, 2.24) is 9.88 Å². The van der Waals surface area contributed by atoms with Crippen LogP contribution in [0, 0.1) is 0 Å². The number of fused-ring (bicyclic) bond motifs is 2. The summed E-state index contributed by atoms with van der Waals surface area (Å²) in [6, 6.07) is 19.9. The minimum Gasteiger partial charge on any atom is -0.321 e. The van der Waals surface area contributed by atoms with Crippen LogP contribution in [0.1, 0.15) is 31.1 Å². The van der Waals surface area contributed by atoms with Gasteiger partial charge in [0.05, 0.1) is 27.0 Å². The third-order valence-electron chi connectivity index (χ3n) is 5.05. The summed E-state index contributed by atoms with van der Waals surface area (Å²) >= 11 is 1.55. The number of amides is 3. The molecule has 0 radical (unpaired) electrons. The molecule has 0 atom stereocenters. The summed E-state index contributed by atoms with van der Waals surface area (Å²) in [5.41, 5.74) is 3.22. The number of hydrogen-bond donors (Lipinski definition) is 1. The molecular weight excluding hydrogens is 398 g/mol. The van der Waals surface area contributed by atoms with Gasteiger partial charge >= 0.3 is 0 Å². The van der Waals surface area contributed by atoms with Crippen molar-refractivity contribution >= 4 is 45.0 Å². The fraction of sp³-hybridized carbons (Fsp3) is 0.0435. The van der Waals surface area contributed by atoms with Crippen molar-refractivity contribution in [2.45, 2.75) is 0 Å².